The standard InChI is InChI=1S/C24H18N4O2S2/c29-32(30,22-12-10-21(11-13-22)28-15-5-14-25-28)27-20-9-4-8-19(16-20)23-17-31-24(26-23)18-6-2-1-3-7-18/h1-17,27H. The third kappa shape index (κ3) is 4.18. The van der Waals surface area contributed by atoms with Gasteiger partial charge < -0.3 is 0 Å². The van der Waals surface area contributed by atoms with Gasteiger partial charge in [0.1, 0.15) is 5.01 Å². The first-order valence-corrected chi connectivity index (χ1v) is 12.2. The van der Waals surface area contributed by atoms with Crippen LogP contribution in [0.25, 0.3) is 27.5 Å². The molecule has 0 bridgehead atoms. The quantitative estimate of drug-likeness (QED) is 0.366. The van der Waals surface area contributed by atoms with Crippen LogP contribution >= 0.6 is 11.3 Å². The predicted octanol–water partition coefficient (Wildman–Crippen LogP) is 5.46. The SMILES string of the molecule is O=S(=O)(Nc1cccc(-c2csc(-c3ccccc3)n2)c1)c1ccc(-n2cccn2)cc1. The van der Waals surface area contributed by atoms with Gasteiger partial charge in [0.25, 0.3) is 10.0 Å². The monoisotopic (exact) mass is 458 g/mol. The Kier molecular flexibility index (Phi) is 5.30. The average molecular weight is 459 g/mol. The van der Waals surface area contributed by atoms with Crippen molar-refractivity contribution in [2.24, 2.45) is 0 Å². The zero-order chi connectivity index (χ0) is 22.0. The van der Waals surface area contributed by atoms with Crippen LogP contribution in [-0.4, -0.2) is 23.2 Å². The highest BCUT2D eigenvalue weighted by Gasteiger charge is 2.15. The molecule has 2 aromatic heterocycles. The number of hydrogen-bond donors (Lipinski definition) is 1. The summed E-state index contributed by atoms with van der Waals surface area (Å²) in [5.41, 5.74) is 3.97. The van der Waals surface area contributed by atoms with E-state index in [0.29, 0.717) is 5.69 Å². The molecule has 6 nitrogen and oxygen atoms in total. The van der Waals surface area contributed by atoms with E-state index in [9.17, 15) is 8.42 Å². The molecular formula is C24H18N4O2S2. The number of benzene rings is 3. The van der Waals surface area contributed by atoms with Crippen LogP contribution in [0.1, 0.15) is 0 Å². The Labute approximate surface area is 189 Å². The van der Waals surface area contributed by atoms with E-state index in [1.54, 1.807) is 64.8 Å². The van der Waals surface area contributed by atoms with Crippen molar-refractivity contribution in [1.29, 1.82) is 0 Å². The fourth-order valence-corrected chi connectivity index (χ4v) is 5.16. The molecule has 2 heterocycles. The number of anilines is 1. The Morgan fingerprint density at radius 1 is 0.844 bits per heavy atom. The Morgan fingerprint density at radius 2 is 1.62 bits per heavy atom. The Morgan fingerprint density at radius 3 is 2.38 bits per heavy atom. The van der Waals surface area contributed by atoms with Gasteiger partial charge in [0.2, 0.25) is 0 Å². The molecule has 5 rings (SSSR count). The lowest BCUT2D eigenvalue weighted by Crippen LogP contribution is -2.13. The fraction of sp³-hybridized carbons (Fsp3) is 0. The summed E-state index contributed by atoms with van der Waals surface area (Å²) in [6.07, 6.45) is 3.47. The summed E-state index contributed by atoms with van der Waals surface area (Å²) in [4.78, 5) is 4.89. The summed E-state index contributed by atoms with van der Waals surface area (Å²) in [6.45, 7) is 0. The highest BCUT2D eigenvalue weighted by Crippen LogP contribution is 2.30. The molecule has 0 saturated carbocycles. The van der Waals surface area contributed by atoms with Gasteiger partial charge in [-0.3, -0.25) is 4.72 Å². The molecular weight excluding hydrogens is 440 g/mol. The van der Waals surface area contributed by atoms with E-state index in [1.165, 1.54) is 0 Å². The fourth-order valence-electron chi connectivity index (χ4n) is 3.28. The van der Waals surface area contributed by atoms with Crippen molar-refractivity contribution in [2.45, 2.75) is 4.90 Å². The predicted molar refractivity (Wildman–Crippen MR) is 127 cm³/mol. The third-order valence-corrected chi connectivity index (χ3v) is 7.14. The van der Waals surface area contributed by atoms with Crippen molar-refractivity contribution in [3.63, 3.8) is 0 Å². The first kappa shape index (κ1) is 20.2. The number of nitrogens with one attached hydrogen (secondary N) is 1. The van der Waals surface area contributed by atoms with Gasteiger partial charge in [-0.25, -0.2) is 18.1 Å². The molecule has 0 radical (unpaired) electrons. The number of rotatable bonds is 6. The molecule has 0 aliphatic rings. The summed E-state index contributed by atoms with van der Waals surface area (Å²) >= 11 is 1.56. The average Bonchev–Trinajstić information content (AvgIpc) is 3.53. The molecule has 0 aliphatic carbocycles. The molecule has 0 fully saturated rings. The van der Waals surface area contributed by atoms with E-state index >= 15 is 0 Å². The summed E-state index contributed by atoms with van der Waals surface area (Å²) in [7, 11) is -3.73. The minimum absolute atomic E-state index is 0.179. The number of hydrogen-bond acceptors (Lipinski definition) is 5. The van der Waals surface area contributed by atoms with Crippen molar-refractivity contribution in [3.8, 4) is 27.5 Å². The summed E-state index contributed by atoms with van der Waals surface area (Å²) < 4.78 is 30.1. The topological polar surface area (TPSA) is 76.9 Å². The molecule has 32 heavy (non-hydrogen) atoms. The Hall–Kier alpha value is -3.75. The van der Waals surface area contributed by atoms with Crippen molar-refractivity contribution in [3.05, 3.63) is 103 Å². The molecule has 158 valence electrons. The molecule has 0 atom stereocenters. The lowest BCUT2D eigenvalue weighted by molar-refractivity contribution is 0.601. The van der Waals surface area contributed by atoms with Gasteiger partial charge in [0.15, 0.2) is 0 Å². The lowest BCUT2D eigenvalue weighted by Gasteiger charge is -2.10. The second-order valence-electron chi connectivity index (χ2n) is 7.03. The van der Waals surface area contributed by atoms with E-state index in [4.69, 9.17) is 4.98 Å². The van der Waals surface area contributed by atoms with Gasteiger partial charge in [0, 0.05) is 34.6 Å². The zero-order valence-electron chi connectivity index (χ0n) is 16.8. The summed E-state index contributed by atoms with van der Waals surface area (Å²) in [6, 6.07) is 25.6. The molecule has 8 heteroatoms. The Balaban J connectivity index is 1.37. The van der Waals surface area contributed by atoms with Gasteiger partial charge in [0.05, 0.1) is 16.3 Å². The smallest absolute Gasteiger partial charge is 0.261 e. The van der Waals surface area contributed by atoms with E-state index in [2.05, 4.69) is 9.82 Å². The first-order chi connectivity index (χ1) is 15.6. The van der Waals surface area contributed by atoms with Crippen molar-refractivity contribution >= 4 is 27.0 Å². The van der Waals surface area contributed by atoms with Crippen molar-refractivity contribution in [2.75, 3.05) is 4.72 Å². The molecule has 0 saturated heterocycles. The van der Waals surface area contributed by atoms with Crippen LogP contribution in [-0.2, 0) is 10.0 Å². The second-order valence-corrected chi connectivity index (χ2v) is 9.58. The number of aromatic nitrogens is 3. The molecule has 0 unspecified atom stereocenters. The molecule has 0 amide bonds. The maximum absolute atomic E-state index is 12.9. The maximum Gasteiger partial charge on any atom is 0.261 e. The van der Waals surface area contributed by atoms with Gasteiger partial charge in [-0.2, -0.15) is 5.10 Å². The van der Waals surface area contributed by atoms with Crippen LogP contribution in [0.15, 0.2) is 108 Å². The van der Waals surface area contributed by atoms with Crippen LogP contribution in [0.2, 0.25) is 0 Å². The van der Waals surface area contributed by atoms with Gasteiger partial charge >= 0.3 is 0 Å². The van der Waals surface area contributed by atoms with Gasteiger partial charge in [-0.1, -0.05) is 42.5 Å². The summed E-state index contributed by atoms with van der Waals surface area (Å²) in [5.74, 6) is 0. The van der Waals surface area contributed by atoms with Crippen LogP contribution < -0.4 is 4.72 Å². The molecule has 3 aromatic carbocycles. The van der Waals surface area contributed by atoms with Crippen molar-refractivity contribution in [1.82, 2.24) is 14.8 Å². The minimum Gasteiger partial charge on any atom is -0.280 e. The molecule has 0 spiro atoms. The van der Waals surface area contributed by atoms with Gasteiger partial charge in [-0.05, 0) is 42.5 Å². The highest BCUT2D eigenvalue weighted by atomic mass is 32.2. The maximum atomic E-state index is 12.9. The summed E-state index contributed by atoms with van der Waals surface area (Å²) in [5, 5.41) is 7.05. The lowest BCUT2D eigenvalue weighted by atomic mass is 10.1. The molecule has 5 aromatic rings. The normalized spacial score (nSPS) is 11.4. The van der Waals surface area contributed by atoms with Crippen LogP contribution in [0.4, 0.5) is 5.69 Å². The van der Waals surface area contributed by atoms with Gasteiger partial charge in [-0.15, -0.1) is 11.3 Å². The number of sulfonamides is 1. The van der Waals surface area contributed by atoms with E-state index in [0.717, 1.165) is 27.5 Å². The van der Waals surface area contributed by atoms with E-state index in [1.807, 2.05) is 53.9 Å². The number of nitrogens with zero attached hydrogens (tertiary/aromatic N) is 3. The first-order valence-electron chi connectivity index (χ1n) is 9.83. The third-order valence-electron chi connectivity index (χ3n) is 4.85. The van der Waals surface area contributed by atoms with Crippen LogP contribution in [0, 0.1) is 0 Å². The number of thiazole rings is 1. The van der Waals surface area contributed by atoms with Crippen molar-refractivity contribution < 1.29 is 8.42 Å². The molecule has 1 N–H and O–H groups in total. The van der Waals surface area contributed by atoms with E-state index < -0.39 is 10.0 Å². The van der Waals surface area contributed by atoms with Crippen LogP contribution in [0.5, 0.6) is 0 Å². The largest absolute Gasteiger partial charge is 0.280 e. The zero-order valence-corrected chi connectivity index (χ0v) is 18.4. The Bertz CT molecular complexity index is 1440. The highest BCUT2D eigenvalue weighted by molar-refractivity contribution is 7.92. The molecule has 0 aliphatic heterocycles. The van der Waals surface area contributed by atoms with E-state index in [-0.39, 0.29) is 4.90 Å². The van der Waals surface area contributed by atoms with Crippen LogP contribution in [0.3, 0.4) is 0 Å². The minimum atomic E-state index is -3.73. The second kappa shape index (κ2) is 8.41.